The van der Waals surface area contributed by atoms with E-state index in [1.165, 1.54) is 5.56 Å². The highest BCUT2D eigenvalue weighted by molar-refractivity contribution is 5.14. The third kappa shape index (κ3) is 3.55. The molecular weight excluding hydrogens is 226 g/mol. The number of nitrogens with zero attached hydrogens (tertiary/aromatic N) is 1. The fourth-order valence-electron chi connectivity index (χ4n) is 2.57. The number of likely N-dealkylation sites (N-methyl/N-ethyl adjacent to an activating group) is 1. The molecule has 2 rings (SSSR count). The first-order valence-corrected chi connectivity index (χ1v) is 6.65. The van der Waals surface area contributed by atoms with Crippen molar-refractivity contribution in [3.8, 4) is 0 Å². The molecule has 1 fully saturated rings. The maximum atomic E-state index is 9.54. The maximum absolute atomic E-state index is 9.54. The van der Waals surface area contributed by atoms with Crippen LogP contribution in [-0.4, -0.2) is 50.0 Å². The second kappa shape index (κ2) is 6.32. The first kappa shape index (κ1) is 13.5. The highest BCUT2D eigenvalue weighted by Crippen LogP contribution is 2.28. The van der Waals surface area contributed by atoms with Crippen LogP contribution in [0.2, 0.25) is 0 Å². The Balaban J connectivity index is 1.79. The zero-order chi connectivity index (χ0) is 12.8. The minimum atomic E-state index is -0.0363. The minimum absolute atomic E-state index is 0.0363. The Labute approximate surface area is 109 Å². The molecule has 1 aromatic carbocycles. The van der Waals surface area contributed by atoms with Gasteiger partial charge in [0.25, 0.3) is 0 Å². The summed E-state index contributed by atoms with van der Waals surface area (Å²) in [5.41, 5.74) is 1.33. The van der Waals surface area contributed by atoms with E-state index in [0.29, 0.717) is 6.61 Å². The van der Waals surface area contributed by atoms with Crippen LogP contribution in [-0.2, 0) is 11.2 Å². The van der Waals surface area contributed by atoms with E-state index in [-0.39, 0.29) is 12.0 Å². The van der Waals surface area contributed by atoms with Crippen LogP contribution in [0, 0.1) is 5.41 Å². The van der Waals surface area contributed by atoms with Gasteiger partial charge < -0.3 is 14.7 Å². The fourth-order valence-corrected chi connectivity index (χ4v) is 2.57. The standard InChI is InChI=1S/C15H23NO2/c1-16(9-7-14-5-3-2-4-6-14)11-15(12-17)8-10-18-13-15/h2-6,17H,7-13H2,1H3. The zero-order valence-corrected chi connectivity index (χ0v) is 11.1. The number of aliphatic hydroxyl groups is 1. The number of benzene rings is 1. The van der Waals surface area contributed by atoms with Crippen LogP contribution in [0.15, 0.2) is 30.3 Å². The third-order valence-corrected chi connectivity index (χ3v) is 3.75. The predicted octanol–water partition coefficient (Wildman–Crippen LogP) is 1.56. The molecule has 1 atom stereocenters. The summed E-state index contributed by atoms with van der Waals surface area (Å²) in [5, 5.41) is 9.54. The molecule has 1 N–H and O–H groups in total. The number of hydrogen-bond acceptors (Lipinski definition) is 3. The molecule has 0 spiro atoms. The van der Waals surface area contributed by atoms with Gasteiger partial charge in [0.2, 0.25) is 0 Å². The van der Waals surface area contributed by atoms with Gasteiger partial charge in [-0.2, -0.15) is 0 Å². The summed E-state index contributed by atoms with van der Waals surface area (Å²) in [6.45, 7) is 3.64. The van der Waals surface area contributed by atoms with E-state index in [0.717, 1.165) is 32.5 Å². The Morgan fingerprint density at radius 1 is 1.33 bits per heavy atom. The lowest BCUT2D eigenvalue weighted by atomic mass is 9.88. The van der Waals surface area contributed by atoms with Crippen molar-refractivity contribution in [2.75, 3.05) is 40.0 Å². The Kier molecular flexibility index (Phi) is 4.75. The van der Waals surface area contributed by atoms with Gasteiger partial charge in [-0.3, -0.25) is 0 Å². The molecule has 0 amide bonds. The monoisotopic (exact) mass is 249 g/mol. The summed E-state index contributed by atoms with van der Waals surface area (Å²) in [6, 6.07) is 10.5. The molecule has 0 aliphatic carbocycles. The van der Waals surface area contributed by atoms with Crippen molar-refractivity contribution in [3.05, 3.63) is 35.9 Å². The van der Waals surface area contributed by atoms with Gasteiger partial charge in [0.15, 0.2) is 0 Å². The molecule has 1 aromatic rings. The molecule has 18 heavy (non-hydrogen) atoms. The SMILES string of the molecule is CN(CCc1ccccc1)CC1(CO)CCOC1. The van der Waals surface area contributed by atoms with Crippen LogP contribution in [0.4, 0.5) is 0 Å². The van der Waals surface area contributed by atoms with Gasteiger partial charge in [-0.05, 0) is 25.5 Å². The average molecular weight is 249 g/mol. The molecule has 0 bridgehead atoms. The van der Waals surface area contributed by atoms with E-state index in [1.807, 2.05) is 6.07 Å². The number of hydrogen-bond donors (Lipinski definition) is 1. The molecule has 1 aliphatic rings. The van der Waals surface area contributed by atoms with Crippen molar-refractivity contribution in [3.63, 3.8) is 0 Å². The van der Waals surface area contributed by atoms with E-state index in [9.17, 15) is 5.11 Å². The van der Waals surface area contributed by atoms with Crippen LogP contribution < -0.4 is 0 Å². The maximum Gasteiger partial charge on any atom is 0.0557 e. The summed E-state index contributed by atoms with van der Waals surface area (Å²) in [7, 11) is 2.12. The molecule has 3 heteroatoms. The molecule has 3 nitrogen and oxygen atoms in total. The van der Waals surface area contributed by atoms with Gasteiger partial charge in [-0.15, -0.1) is 0 Å². The van der Waals surface area contributed by atoms with Crippen LogP contribution in [0.3, 0.4) is 0 Å². The van der Waals surface area contributed by atoms with Gasteiger partial charge in [0.1, 0.15) is 0 Å². The average Bonchev–Trinajstić information content (AvgIpc) is 2.87. The molecule has 100 valence electrons. The molecule has 1 unspecified atom stereocenters. The second-order valence-electron chi connectivity index (χ2n) is 5.43. The van der Waals surface area contributed by atoms with E-state index in [2.05, 4.69) is 36.2 Å². The highest BCUT2D eigenvalue weighted by Gasteiger charge is 2.35. The Morgan fingerprint density at radius 2 is 2.11 bits per heavy atom. The number of rotatable bonds is 6. The Hall–Kier alpha value is -0.900. The number of ether oxygens (including phenoxy) is 1. The van der Waals surface area contributed by atoms with Gasteiger partial charge in [0.05, 0.1) is 13.2 Å². The molecular formula is C15H23NO2. The summed E-state index contributed by atoms with van der Waals surface area (Å²) < 4.78 is 5.43. The van der Waals surface area contributed by atoms with Crippen LogP contribution in [0.25, 0.3) is 0 Å². The van der Waals surface area contributed by atoms with Crippen LogP contribution >= 0.6 is 0 Å². The first-order chi connectivity index (χ1) is 8.74. The predicted molar refractivity (Wildman–Crippen MR) is 72.6 cm³/mol. The minimum Gasteiger partial charge on any atom is -0.396 e. The summed E-state index contributed by atoms with van der Waals surface area (Å²) in [6.07, 6.45) is 2.03. The Bertz CT molecular complexity index is 347. The summed E-state index contributed by atoms with van der Waals surface area (Å²) in [5.74, 6) is 0. The quantitative estimate of drug-likeness (QED) is 0.830. The topological polar surface area (TPSA) is 32.7 Å². The van der Waals surface area contributed by atoms with Crippen molar-refractivity contribution in [2.24, 2.45) is 5.41 Å². The molecule has 1 aliphatic heterocycles. The van der Waals surface area contributed by atoms with Crippen LogP contribution in [0.1, 0.15) is 12.0 Å². The van der Waals surface area contributed by atoms with Gasteiger partial charge in [-0.25, -0.2) is 0 Å². The van der Waals surface area contributed by atoms with Gasteiger partial charge >= 0.3 is 0 Å². The fraction of sp³-hybridized carbons (Fsp3) is 0.600. The molecule has 0 aromatic heterocycles. The highest BCUT2D eigenvalue weighted by atomic mass is 16.5. The number of aliphatic hydroxyl groups excluding tert-OH is 1. The lowest BCUT2D eigenvalue weighted by Crippen LogP contribution is -2.39. The van der Waals surface area contributed by atoms with E-state index in [1.54, 1.807) is 0 Å². The normalized spacial score (nSPS) is 23.7. The lowest BCUT2D eigenvalue weighted by Gasteiger charge is -2.30. The largest absolute Gasteiger partial charge is 0.396 e. The third-order valence-electron chi connectivity index (χ3n) is 3.75. The summed E-state index contributed by atoms with van der Waals surface area (Å²) in [4.78, 5) is 2.30. The van der Waals surface area contributed by atoms with Crippen molar-refractivity contribution in [2.45, 2.75) is 12.8 Å². The van der Waals surface area contributed by atoms with E-state index < -0.39 is 0 Å². The van der Waals surface area contributed by atoms with Crippen LogP contribution in [0.5, 0.6) is 0 Å². The van der Waals surface area contributed by atoms with E-state index >= 15 is 0 Å². The summed E-state index contributed by atoms with van der Waals surface area (Å²) >= 11 is 0. The molecule has 0 saturated carbocycles. The first-order valence-electron chi connectivity index (χ1n) is 6.65. The molecule has 0 radical (unpaired) electrons. The smallest absolute Gasteiger partial charge is 0.0557 e. The molecule has 1 heterocycles. The van der Waals surface area contributed by atoms with Crippen molar-refractivity contribution >= 4 is 0 Å². The molecule has 1 saturated heterocycles. The van der Waals surface area contributed by atoms with Crippen molar-refractivity contribution < 1.29 is 9.84 Å². The van der Waals surface area contributed by atoms with E-state index in [4.69, 9.17) is 4.74 Å². The Morgan fingerprint density at radius 3 is 2.72 bits per heavy atom. The zero-order valence-electron chi connectivity index (χ0n) is 11.1. The van der Waals surface area contributed by atoms with Gasteiger partial charge in [0, 0.05) is 25.1 Å². The lowest BCUT2D eigenvalue weighted by molar-refractivity contribution is 0.0647. The van der Waals surface area contributed by atoms with Gasteiger partial charge in [-0.1, -0.05) is 30.3 Å². The van der Waals surface area contributed by atoms with Crippen molar-refractivity contribution in [1.29, 1.82) is 0 Å². The second-order valence-corrected chi connectivity index (χ2v) is 5.43. The van der Waals surface area contributed by atoms with Crippen molar-refractivity contribution in [1.82, 2.24) is 4.90 Å².